The number of carbonyl (C=O) groups is 1. The molecule has 3 nitrogen and oxygen atoms in total. The third-order valence-electron chi connectivity index (χ3n) is 6.24. The number of allylic oxidation sites excluding steroid dienone is 1. The van der Waals surface area contributed by atoms with Gasteiger partial charge in [-0.1, -0.05) is 60.1 Å². The van der Waals surface area contributed by atoms with Crippen LogP contribution in [0.3, 0.4) is 0 Å². The van der Waals surface area contributed by atoms with Gasteiger partial charge >= 0.3 is 0 Å². The lowest BCUT2D eigenvalue weighted by atomic mass is 9.68. The zero-order valence-electron chi connectivity index (χ0n) is 17.4. The van der Waals surface area contributed by atoms with Crippen molar-refractivity contribution in [1.29, 1.82) is 0 Å². The molecule has 0 bridgehead atoms. The molecule has 0 saturated carbocycles. The van der Waals surface area contributed by atoms with E-state index in [1.54, 1.807) is 7.11 Å². The first-order chi connectivity index (χ1) is 14.4. The molecule has 0 spiro atoms. The summed E-state index contributed by atoms with van der Waals surface area (Å²) < 4.78 is 6.64. The van der Waals surface area contributed by atoms with Gasteiger partial charge in [-0.15, -0.1) is 0 Å². The first-order valence-electron chi connectivity index (χ1n) is 10.3. The van der Waals surface area contributed by atoms with Crippen LogP contribution in [-0.2, 0) is 4.79 Å². The molecule has 1 N–H and O–H groups in total. The summed E-state index contributed by atoms with van der Waals surface area (Å²) in [7, 11) is 1.68. The molecule has 0 saturated heterocycles. The number of ketones is 1. The molecule has 0 radical (unpaired) electrons. The van der Waals surface area contributed by atoms with Crippen LogP contribution in [-0.4, -0.2) is 12.9 Å². The summed E-state index contributed by atoms with van der Waals surface area (Å²) in [6.07, 6.45) is 1.43. The van der Waals surface area contributed by atoms with Crippen LogP contribution in [0.25, 0.3) is 16.3 Å². The molecule has 4 heteroatoms. The Hall–Kier alpha value is -2.59. The van der Waals surface area contributed by atoms with E-state index in [0.29, 0.717) is 6.42 Å². The molecule has 1 atom stereocenters. The highest BCUT2D eigenvalue weighted by Crippen LogP contribution is 2.53. The fourth-order valence-corrected chi connectivity index (χ4v) is 5.38. The first-order valence-corrected chi connectivity index (χ1v) is 11.1. The normalized spacial score (nSPS) is 19.9. The van der Waals surface area contributed by atoms with Crippen molar-refractivity contribution in [2.24, 2.45) is 5.41 Å². The minimum atomic E-state index is -0.232. The van der Waals surface area contributed by atoms with Crippen LogP contribution in [0.4, 0.5) is 5.69 Å². The molecule has 0 fully saturated rings. The van der Waals surface area contributed by atoms with Crippen molar-refractivity contribution < 1.29 is 9.53 Å². The van der Waals surface area contributed by atoms with Gasteiger partial charge in [-0.25, -0.2) is 0 Å². The number of fused-ring (bicyclic) bond motifs is 4. The number of carbonyl (C=O) groups excluding carboxylic acids is 1. The molecule has 1 aliphatic carbocycles. The Kier molecular flexibility index (Phi) is 4.51. The second-order valence-electron chi connectivity index (χ2n) is 9.01. The Labute approximate surface area is 185 Å². The highest BCUT2D eigenvalue weighted by molar-refractivity contribution is 9.10. The topological polar surface area (TPSA) is 38.3 Å². The molecule has 1 unspecified atom stereocenters. The van der Waals surface area contributed by atoms with Crippen molar-refractivity contribution in [2.75, 3.05) is 12.4 Å². The van der Waals surface area contributed by atoms with E-state index in [1.807, 2.05) is 12.1 Å². The first kappa shape index (κ1) is 19.4. The molecule has 30 heavy (non-hydrogen) atoms. The lowest BCUT2D eigenvalue weighted by molar-refractivity contribution is -0.118. The summed E-state index contributed by atoms with van der Waals surface area (Å²) in [4.78, 5) is 13.5. The van der Waals surface area contributed by atoms with Crippen LogP contribution in [0, 0.1) is 5.41 Å². The molecule has 1 aliphatic heterocycles. The van der Waals surface area contributed by atoms with Crippen molar-refractivity contribution in [3.8, 4) is 5.75 Å². The second kappa shape index (κ2) is 6.98. The van der Waals surface area contributed by atoms with E-state index < -0.39 is 0 Å². The maximum Gasteiger partial charge on any atom is 0.162 e. The van der Waals surface area contributed by atoms with Crippen LogP contribution >= 0.6 is 15.9 Å². The smallest absolute Gasteiger partial charge is 0.162 e. The molecule has 1 heterocycles. The van der Waals surface area contributed by atoms with Gasteiger partial charge in [0, 0.05) is 33.3 Å². The summed E-state index contributed by atoms with van der Waals surface area (Å²) in [5, 5.41) is 6.07. The Balaban J connectivity index is 1.82. The van der Waals surface area contributed by atoms with Gasteiger partial charge in [0.05, 0.1) is 13.2 Å². The van der Waals surface area contributed by atoms with Gasteiger partial charge in [0.15, 0.2) is 5.78 Å². The second-order valence-corrected chi connectivity index (χ2v) is 9.92. The summed E-state index contributed by atoms with van der Waals surface area (Å²) in [5.74, 6) is 1.00. The summed E-state index contributed by atoms with van der Waals surface area (Å²) >= 11 is 3.59. The number of rotatable bonds is 2. The van der Waals surface area contributed by atoms with Crippen LogP contribution in [0.1, 0.15) is 43.9 Å². The number of hydrogen-bond acceptors (Lipinski definition) is 3. The average molecular weight is 462 g/mol. The predicted molar refractivity (Wildman–Crippen MR) is 126 cm³/mol. The van der Waals surface area contributed by atoms with Crippen molar-refractivity contribution in [2.45, 2.75) is 32.7 Å². The van der Waals surface area contributed by atoms with E-state index in [0.717, 1.165) is 33.5 Å². The quantitative estimate of drug-likeness (QED) is 0.449. The van der Waals surface area contributed by atoms with Gasteiger partial charge in [0.2, 0.25) is 0 Å². The molecule has 3 aromatic rings. The van der Waals surface area contributed by atoms with Gasteiger partial charge < -0.3 is 10.1 Å². The number of benzene rings is 3. The van der Waals surface area contributed by atoms with E-state index in [1.165, 1.54) is 21.9 Å². The highest BCUT2D eigenvalue weighted by atomic mass is 79.9. The fourth-order valence-electron chi connectivity index (χ4n) is 5.00. The summed E-state index contributed by atoms with van der Waals surface area (Å²) in [5.41, 5.74) is 5.22. The summed E-state index contributed by atoms with van der Waals surface area (Å²) in [6, 6.07) is 18.5. The Morgan fingerprint density at radius 2 is 1.87 bits per heavy atom. The third kappa shape index (κ3) is 3.05. The molecule has 2 aliphatic rings. The van der Waals surface area contributed by atoms with Gasteiger partial charge in [-0.2, -0.15) is 0 Å². The maximum atomic E-state index is 13.5. The fraction of sp³-hybridized carbons (Fsp3) is 0.269. The lowest BCUT2D eigenvalue weighted by Gasteiger charge is -2.40. The van der Waals surface area contributed by atoms with Crippen LogP contribution in [0.2, 0.25) is 0 Å². The van der Waals surface area contributed by atoms with Crippen LogP contribution < -0.4 is 10.1 Å². The Morgan fingerprint density at radius 3 is 2.67 bits per heavy atom. The van der Waals surface area contributed by atoms with Crippen LogP contribution in [0.5, 0.6) is 5.75 Å². The molecular formula is C26H24BrNO2. The average Bonchev–Trinajstić information content (AvgIpc) is 2.71. The molecule has 5 rings (SSSR count). The SMILES string of the molecule is COc1ccc(Br)cc1C1Nc2ccc3ccccc3c2C2=C1C(=O)CC(C)(C)C2. The number of halogens is 1. The van der Waals surface area contributed by atoms with E-state index in [-0.39, 0.29) is 17.2 Å². The lowest BCUT2D eigenvalue weighted by Crippen LogP contribution is -2.33. The number of Topliss-reactive ketones (excluding diaryl/α,β-unsaturated/α-hetero) is 1. The number of anilines is 1. The van der Waals surface area contributed by atoms with Crippen LogP contribution in [0.15, 0.2) is 64.6 Å². The van der Waals surface area contributed by atoms with Crippen molar-refractivity contribution >= 4 is 43.7 Å². The van der Waals surface area contributed by atoms with E-state index in [2.05, 4.69) is 77.6 Å². The Bertz CT molecular complexity index is 1220. The van der Waals surface area contributed by atoms with Crippen molar-refractivity contribution in [3.63, 3.8) is 0 Å². The van der Waals surface area contributed by atoms with Gasteiger partial charge in [-0.05, 0) is 52.4 Å². The highest BCUT2D eigenvalue weighted by Gasteiger charge is 2.41. The monoisotopic (exact) mass is 461 g/mol. The number of ether oxygens (including phenoxy) is 1. The Morgan fingerprint density at radius 1 is 1.07 bits per heavy atom. The number of nitrogens with one attached hydrogen (secondary N) is 1. The third-order valence-corrected chi connectivity index (χ3v) is 6.74. The maximum absolute atomic E-state index is 13.5. The van der Waals surface area contributed by atoms with Crippen molar-refractivity contribution in [3.05, 3.63) is 75.8 Å². The van der Waals surface area contributed by atoms with E-state index in [9.17, 15) is 4.79 Å². The zero-order valence-corrected chi connectivity index (χ0v) is 19.0. The minimum Gasteiger partial charge on any atom is -0.496 e. The zero-order chi connectivity index (χ0) is 21.0. The summed E-state index contributed by atoms with van der Waals surface area (Å²) in [6.45, 7) is 4.38. The van der Waals surface area contributed by atoms with E-state index in [4.69, 9.17) is 4.74 Å². The standard InChI is InChI=1S/C26H24BrNO2/c1-26(2)13-19-23-17-7-5-4-6-15(17)8-10-20(23)28-25(24(19)21(29)14-26)18-12-16(27)9-11-22(18)30-3/h4-12,25,28H,13-14H2,1-3H3. The number of methoxy groups -OCH3 is 1. The van der Waals surface area contributed by atoms with Gasteiger partial charge in [0.25, 0.3) is 0 Å². The molecule has 152 valence electrons. The largest absolute Gasteiger partial charge is 0.496 e. The van der Waals surface area contributed by atoms with Crippen molar-refractivity contribution in [1.82, 2.24) is 0 Å². The van der Waals surface area contributed by atoms with Gasteiger partial charge in [0.1, 0.15) is 5.75 Å². The number of hydrogen-bond donors (Lipinski definition) is 1. The molecular weight excluding hydrogens is 438 g/mol. The van der Waals surface area contributed by atoms with E-state index >= 15 is 0 Å². The van der Waals surface area contributed by atoms with Gasteiger partial charge in [-0.3, -0.25) is 4.79 Å². The molecule has 0 amide bonds. The molecule has 3 aromatic carbocycles. The molecule has 0 aromatic heterocycles. The predicted octanol–water partition coefficient (Wildman–Crippen LogP) is 6.92. The minimum absolute atomic E-state index is 0.0621.